The first-order valence-electron chi connectivity index (χ1n) is 5.19. The van der Waals surface area contributed by atoms with E-state index in [2.05, 4.69) is 10.6 Å². The predicted octanol–water partition coefficient (Wildman–Crippen LogP) is 1.76. The molecule has 0 bridgehead atoms. The summed E-state index contributed by atoms with van der Waals surface area (Å²) >= 11 is 5.38. The Morgan fingerprint density at radius 2 is 1.82 bits per heavy atom. The fourth-order valence-corrected chi connectivity index (χ4v) is 1.31. The normalized spacial score (nSPS) is 10.8. The molecule has 1 rings (SSSR count). The monoisotopic (exact) mass is 254 g/mol. The van der Waals surface area contributed by atoms with Gasteiger partial charge in [-0.3, -0.25) is 9.59 Å². The Morgan fingerprint density at radius 1 is 1.24 bits per heavy atom. The number of benzene rings is 1. The molecule has 1 aromatic carbocycles. The minimum atomic E-state index is -0.998. The summed E-state index contributed by atoms with van der Waals surface area (Å²) in [5, 5.41) is 5.26. The van der Waals surface area contributed by atoms with E-state index in [1.165, 1.54) is 0 Å². The molecule has 0 aromatic heterocycles. The molecule has 17 heavy (non-hydrogen) atoms. The van der Waals surface area contributed by atoms with Gasteiger partial charge >= 0.3 is 0 Å². The number of hydrogen-bond donors (Lipinski definition) is 2. The van der Waals surface area contributed by atoms with Crippen LogP contribution in [0.25, 0.3) is 0 Å². The van der Waals surface area contributed by atoms with Gasteiger partial charge in [-0.15, -0.1) is 11.6 Å². The van der Waals surface area contributed by atoms with Crippen LogP contribution in [0.2, 0.25) is 0 Å². The molecule has 2 N–H and O–H groups in total. The smallest absolute Gasteiger partial charge is 0.249 e. The summed E-state index contributed by atoms with van der Waals surface area (Å²) in [6.45, 7) is 3.24. The standard InChI is InChI=1S/C12H15ClN2O2/c1-12(2,15-10(16)8-13)11(17)14-9-6-4-3-5-7-9/h3-7H,8H2,1-2H3,(H,14,17)(H,15,16). The topological polar surface area (TPSA) is 58.2 Å². The first-order valence-corrected chi connectivity index (χ1v) is 5.72. The third kappa shape index (κ3) is 4.07. The largest absolute Gasteiger partial charge is 0.341 e. The van der Waals surface area contributed by atoms with Gasteiger partial charge in [-0.1, -0.05) is 18.2 Å². The molecule has 0 aliphatic rings. The quantitative estimate of drug-likeness (QED) is 0.805. The molecule has 0 aliphatic carbocycles. The number of carbonyl (C=O) groups is 2. The molecule has 5 heteroatoms. The lowest BCUT2D eigenvalue weighted by atomic mass is 10.0. The van der Waals surface area contributed by atoms with Gasteiger partial charge in [-0.2, -0.15) is 0 Å². The highest BCUT2D eigenvalue weighted by Gasteiger charge is 2.29. The average molecular weight is 255 g/mol. The highest BCUT2D eigenvalue weighted by molar-refractivity contribution is 6.27. The molecular weight excluding hydrogens is 240 g/mol. The zero-order chi connectivity index (χ0) is 12.9. The molecular formula is C12H15ClN2O2. The van der Waals surface area contributed by atoms with Crippen molar-refractivity contribution >= 4 is 29.1 Å². The maximum absolute atomic E-state index is 11.9. The summed E-state index contributed by atoms with van der Waals surface area (Å²) in [6.07, 6.45) is 0. The van der Waals surface area contributed by atoms with Gasteiger partial charge in [0.1, 0.15) is 11.4 Å². The van der Waals surface area contributed by atoms with E-state index in [4.69, 9.17) is 11.6 Å². The zero-order valence-electron chi connectivity index (χ0n) is 9.79. The number of halogens is 1. The second-order valence-corrected chi connectivity index (χ2v) is 4.39. The van der Waals surface area contributed by atoms with Crippen LogP contribution in [0.5, 0.6) is 0 Å². The predicted molar refractivity (Wildman–Crippen MR) is 68.0 cm³/mol. The molecule has 0 fully saturated rings. The van der Waals surface area contributed by atoms with E-state index in [0.717, 1.165) is 0 Å². The van der Waals surface area contributed by atoms with Gasteiger partial charge in [0.15, 0.2) is 0 Å². The van der Waals surface area contributed by atoms with Crippen LogP contribution in [-0.4, -0.2) is 23.2 Å². The summed E-state index contributed by atoms with van der Waals surface area (Å²) in [5.74, 6) is -0.829. The molecule has 0 radical (unpaired) electrons. The first kappa shape index (κ1) is 13.5. The molecule has 0 saturated carbocycles. The number of anilines is 1. The van der Waals surface area contributed by atoms with Crippen LogP contribution in [0.15, 0.2) is 30.3 Å². The van der Waals surface area contributed by atoms with E-state index in [-0.39, 0.29) is 17.7 Å². The van der Waals surface area contributed by atoms with Crippen molar-refractivity contribution in [3.63, 3.8) is 0 Å². The van der Waals surface area contributed by atoms with Gasteiger partial charge in [0.2, 0.25) is 11.8 Å². The Balaban J connectivity index is 2.66. The van der Waals surface area contributed by atoms with Crippen molar-refractivity contribution in [2.24, 2.45) is 0 Å². The Labute approximate surface area is 105 Å². The fourth-order valence-electron chi connectivity index (χ4n) is 1.25. The lowest BCUT2D eigenvalue weighted by Crippen LogP contribution is -2.52. The minimum Gasteiger partial charge on any atom is -0.341 e. The third-order valence-corrected chi connectivity index (χ3v) is 2.42. The molecule has 0 atom stereocenters. The Morgan fingerprint density at radius 3 is 2.35 bits per heavy atom. The van der Waals surface area contributed by atoms with Gasteiger partial charge in [-0.25, -0.2) is 0 Å². The van der Waals surface area contributed by atoms with Crippen molar-refractivity contribution in [2.45, 2.75) is 19.4 Å². The van der Waals surface area contributed by atoms with Crippen molar-refractivity contribution in [3.05, 3.63) is 30.3 Å². The van der Waals surface area contributed by atoms with Gasteiger partial charge in [0.05, 0.1) is 0 Å². The van der Waals surface area contributed by atoms with Crippen molar-refractivity contribution in [1.29, 1.82) is 0 Å². The fraction of sp³-hybridized carbons (Fsp3) is 0.333. The number of carbonyl (C=O) groups excluding carboxylic acids is 2. The summed E-state index contributed by atoms with van der Waals surface area (Å²) in [7, 11) is 0. The van der Waals surface area contributed by atoms with Crippen molar-refractivity contribution in [2.75, 3.05) is 11.2 Å². The van der Waals surface area contributed by atoms with Gasteiger partial charge in [0.25, 0.3) is 0 Å². The highest BCUT2D eigenvalue weighted by Crippen LogP contribution is 2.10. The number of amides is 2. The maximum atomic E-state index is 11.9. The number of alkyl halides is 1. The van der Waals surface area contributed by atoms with Crippen LogP contribution >= 0.6 is 11.6 Å². The molecule has 0 spiro atoms. The summed E-state index contributed by atoms with van der Waals surface area (Å²) in [4.78, 5) is 23.1. The van der Waals surface area contributed by atoms with E-state index in [0.29, 0.717) is 5.69 Å². The number of rotatable bonds is 4. The van der Waals surface area contributed by atoms with Crippen LogP contribution in [0, 0.1) is 0 Å². The van der Waals surface area contributed by atoms with Gasteiger partial charge < -0.3 is 10.6 Å². The molecule has 2 amide bonds. The zero-order valence-corrected chi connectivity index (χ0v) is 10.5. The number of hydrogen-bond acceptors (Lipinski definition) is 2. The van der Waals surface area contributed by atoms with E-state index < -0.39 is 5.54 Å². The maximum Gasteiger partial charge on any atom is 0.249 e. The molecule has 0 aliphatic heterocycles. The molecule has 4 nitrogen and oxygen atoms in total. The van der Waals surface area contributed by atoms with Gasteiger partial charge in [-0.05, 0) is 26.0 Å². The van der Waals surface area contributed by atoms with Crippen molar-refractivity contribution in [3.8, 4) is 0 Å². The SMILES string of the molecule is CC(C)(NC(=O)CCl)C(=O)Nc1ccccc1. The van der Waals surface area contributed by atoms with Crippen LogP contribution in [-0.2, 0) is 9.59 Å². The van der Waals surface area contributed by atoms with Crippen LogP contribution < -0.4 is 10.6 Å². The first-order chi connectivity index (χ1) is 7.95. The van der Waals surface area contributed by atoms with Crippen LogP contribution in [0.1, 0.15) is 13.8 Å². The summed E-state index contributed by atoms with van der Waals surface area (Å²) in [6, 6.07) is 9.05. The molecule has 0 heterocycles. The highest BCUT2D eigenvalue weighted by atomic mass is 35.5. The molecule has 0 unspecified atom stereocenters. The Bertz CT molecular complexity index is 404. The van der Waals surface area contributed by atoms with Gasteiger partial charge in [0, 0.05) is 5.69 Å². The molecule has 1 aromatic rings. The number of nitrogens with one attached hydrogen (secondary N) is 2. The van der Waals surface area contributed by atoms with E-state index in [1.807, 2.05) is 18.2 Å². The molecule has 92 valence electrons. The van der Waals surface area contributed by atoms with E-state index in [1.54, 1.807) is 26.0 Å². The second-order valence-electron chi connectivity index (χ2n) is 4.13. The second kappa shape index (κ2) is 5.68. The van der Waals surface area contributed by atoms with Crippen LogP contribution in [0.4, 0.5) is 5.69 Å². The third-order valence-electron chi connectivity index (χ3n) is 2.17. The lowest BCUT2D eigenvalue weighted by molar-refractivity contribution is -0.128. The minimum absolute atomic E-state index is 0.165. The van der Waals surface area contributed by atoms with E-state index in [9.17, 15) is 9.59 Å². The van der Waals surface area contributed by atoms with Crippen molar-refractivity contribution in [1.82, 2.24) is 5.32 Å². The lowest BCUT2D eigenvalue weighted by Gasteiger charge is -2.24. The summed E-state index contributed by atoms with van der Waals surface area (Å²) < 4.78 is 0. The number of para-hydroxylation sites is 1. The molecule has 0 saturated heterocycles. The van der Waals surface area contributed by atoms with Crippen LogP contribution in [0.3, 0.4) is 0 Å². The average Bonchev–Trinajstić information content (AvgIpc) is 2.29. The van der Waals surface area contributed by atoms with Crippen molar-refractivity contribution < 1.29 is 9.59 Å². The van der Waals surface area contributed by atoms with E-state index >= 15 is 0 Å². The summed E-state index contributed by atoms with van der Waals surface area (Å²) in [5.41, 5.74) is -0.312. The Hall–Kier alpha value is -1.55. The Kier molecular flexibility index (Phi) is 4.52.